The van der Waals surface area contributed by atoms with Crippen molar-refractivity contribution in [2.24, 2.45) is 11.7 Å². The zero-order chi connectivity index (χ0) is 30.2. The van der Waals surface area contributed by atoms with Crippen LogP contribution in [0.25, 0.3) is 22.6 Å². The molecule has 1 fully saturated rings. The molecule has 1 unspecified atom stereocenters. The molecule has 1 atom stereocenters. The van der Waals surface area contributed by atoms with Crippen LogP contribution >= 0.6 is 0 Å². The van der Waals surface area contributed by atoms with E-state index in [0.717, 1.165) is 59.8 Å². The predicted octanol–water partition coefficient (Wildman–Crippen LogP) is 6.51. The standard InChI is InChI=1S/C35H43N5O3/c1-3-4-20-40-31(33(26-11-13-28(43-2)14-12-26)39-35(40)27-16-18-37-19-17-27)22-30(25-8-6-5-7-9-25)38-23-24-10-15-29(34(36)42)32(41)21-24/h10-19,21,25,30,38,41H,3-9,20,22-23H2,1-2H3,(H2,36,42). The van der Waals surface area contributed by atoms with Crippen molar-refractivity contribution in [2.45, 2.75) is 77.4 Å². The van der Waals surface area contributed by atoms with E-state index in [-0.39, 0.29) is 17.4 Å². The Bertz CT molecular complexity index is 1490. The number of pyridine rings is 1. The van der Waals surface area contributed by atoms with Crippen LogP contribution in [0.4, 0.5) is 0 Å². The largest absolute Gasteiger partial charge is 0.507 e. The Morgan fingerprint density at radius 1 is 1.07 bits per heavy atom. The first-order chi connectivity index (χ1) is 21.0. The molecular formula is C35H43N5O3. The summed E-state index contributed by atoms with van der Waals surface area (Å²) in [6, 6.07) is 17.6. The Kier molecular flexibility index (Phi) is 10.1. The van der Waals surface area contributed by atoms with Gasteiger partial charge in [0.15, 0.2) is 0 Å². The lowest BCUT2D eigenvalue weighted by Gasteiger charge is -2.32. The number of nitrogens with one attached hydrogen (secondary N) is 1. The van der Waals surface area contributed by atoms with Crippen LogP contribution < -0.4 is 15.8 Å². The monoisotopic (exact) mass is 581 g/mol. The van der Waals surface area contributed by atoms with Gasteiger partial charge in [-0.3, -0.25) is 9.78 Å². The van der Waals surface area contributed by atoms with Gasteiger partial charge >= 0.3 is 0 Å². The first-order valence-electron chi connectivity index (χ1n) is 15.5. The van der Waals surface area contributed by atoms with Crippen molar-refractivity contribution in [1.82, 2.24) is 19.9 Å². The lowest BCUT2D eigenvalue weighted by Crippen LogP contribution is -2.39. The van der Waals surface area contributed by atoms with Gasteiger partial charge in [-0.25, -0.2) is 4.98 Å². The number of aromatic hydroxyl groups is 1. The van der Waals surface area contributed by atoms with Crippen LogP contribution in [0.5, 0.6) is 11.5 Å². The van der Waals surface area contributed by atoms with E-state index in [1.807, 2.05) is 42.7 Å². The number of unbranched alkanes of at least 4 members (excludes halogenated alkanes) is 1. The molecule has 2 heterocycles. The zero-order valence-corrected chi connectivity index (χ0v) is 25.3. The number of imidazole rings is 1. The highest BCUT2D eigenvalue weighted by molar-refractivity contribution is 5.95. The van der Waals surface area contributed by atoms with Crippen LogP contribution in [0, 0.1) is 5.92 Å². The fourth-order valence-electron chi connectivity index (χ4n) is 6.25. The first kappa shape index (κ1) is 30.3. The smallest absolute Gasteiger partial charge is 0.252 e. The van der Waals surface area contributed by atoms with Crippen LogP contribution in [0.3, 0.4) is 0 Å². The molecular weight excluding hydrogens is 538 g/mol. The van der Waals surface area contributed by atoms with Gasteiger partial charge in [-0.1, -0.05) is 38.7 Å². The SMILES string of the molecule is CCCCn1c(-c2ccncc2)nc(-c2ccc(OC)cc2)c1CC(NCc1ccc(C(N)=O)c(O)c1)C1CCCCC1. The average molecular weight is 582 g/mol. The average Bonchev–Trinajstić information content (AvgIpc) is 3.40. The number of benzene rings is 2. The van der Waals surface area contributed by atoms with E-state index < -0.39 is 5.91 Å². The number of nitrogens with zero attached hydrogens (tertiary/aromatic N) is 3. The highest BCUT2D eigenvalue weighted by Gasteiger charge is 2.28. The maximum absolute atomic E-state index is 11.6. The summed E-state index contributed by atoms with van der Waals surface area (Å²) in [6.07, 6.45) is 12.7. The summed E-state index contributed by atoms with van der Waals surface area (Å²) < 4.78 is 7.87. The molecule has 1 aliphatic rings. The van der Waals surface area contributed by atoms with Crippen LogP contribution in [0.2, 0.25) is 0 Å². The molecule has 43 heavy (non-hydrogen) atoms. The van der Waals surface area contributed by atoms with Crippen molar-refractivity contribution in [3.8, 4) is 34.1 Å². The number of carbonyl (C=O) groups is 1. The van der Waals surface area contributed by atoms with Crippen molar-refractivity contribution in [3.63, 3.8) is 0 Å². The molecule has 1 aliphatic carbocycles. The predicted molar refractivity (Wildman–Crippen MR) is 170 cm³/mol. The van der Waals surface area contributed by atoms with Gasteiger partial charge in [0.2, 0.25) is 0 Å². The Labute approximate surface area is 254 Å². The molecule has 4 N–H and O–H groups in total. The number of methoxy groups -OCH3 is 1. The van der Waals surface area contributed by atoms with Gasteiger partial charge < -0.3 is 25.5 Å². The summed E-state index contributed by atoms with van der Waals surface area (Å²) >= 11 is 0. The summed E-state index contributed by atoms with van der Waals surface area (Å²) in [5.74, 6) is 1.59. The van der Waals surface area contributed by atoms with Crippen molar-refractivity contribution < 1.29 is 14.6 Å². The number of rotatable bonds is 13. The third kappa shape index (κ3) is 7.25. The van der Waals surface area contributed by atoms with Gasteiger partial charge in [0, 0.05) is 54.8 Å². The van der Waals surface area contributed by atoms with E-state index in [0.29, 0.717) is 12.5 Å². The minimum atomic E-state index is -0.631. The number of primary amides is 1. The molecule has 5 rings (SSSR count). The molecule has 8 nitrogen and oxygen atoms in total. The zero-order valence-electron chi connectivity index (χ0n) is 25.3. The minimum Gasteiger partial charge on any atom is -0.507 e. The maximum atomic E-state index is 11.6. The number of carbonyl (C=O) groups excluding carboxylic acids is 1. The Balaban J connectivity index is 1.55. The molecule has 8 heteroatoms. The van der Waals surface area contributed by atoms with Gasteiger partial charge in [-0.15, -0.1) is 0 Å². The second kappa shape index (κ2) is 14.3. The first-order valence-corrected chi connectivity index (χ1v) is 15.5. The molecule has 226 valence electrons. The van der Waals surface area contributed by atoms with Crippen LogP contribution in [0.15, 0.2) is 67.0 Å². The van der Waals surface area contributed by atoms with Crippen LogP contribution in [-0.2, 0) is 19.5 Å². The lowest BCUT2D eigenvalue weighted by molar-refractivity contribution is 0.0997. The number of phenols is 1. The van der Waals surface area contributed by atoms with E-state index in [2.05, 4.69) is 33.9 Å². The quantitative estimate of drug-likeness (QED) is 0.166. The van der Waals surface area contributed by atoms with E-state index >= 15 is 0 Å². The third-order valence-electron chi connectivity index (χ3n) is 8.64. The number of aromatic nitrogens is 3. The Morgan fingerprint density at radius 3 is 2.47 bits per heavy atom. The van der Waals surface area contributed by atoms with Gasteiger partial charge in [0.25, 0.3) is 5.91 Å². The van der Waals surface area contributed by atoms with Crippen molar-refractivity contribution in [2.75, 3.05) is 7.11 Å². The normalized spacial score (nSPS) is 14.5. The summed E-state index contributed by atoms with van der Waals surface area (Å²) in [4.78, 5) is 21.2. The lowest BCUT2D eigenvalue weighted by atomic mass is 9.81. The second-order valence-corrected chi connectivity index (χ2v) is 11.5. The van der Waals surface area contributed by atoms with Gasteiger partial charge in [0.1, 0.15) is 17.3 Å². The van der Waals surface area contributed by atoms with Crippen molar-refractivity contribution >= 4 is 5.91 Å². The van der Waals surface area contributed by atoms with E-state index in [1.54, 1.807) is 19.2 Å². The third-order valence-corrected chi connectivity index (χ3v) is 8.64. The van der Waals surface area contributed by atoms with E-state index in [1.165, 1.54) is 37.8 Å². The summed E-state index contributed by atoms with van der Waals surface area (Å²) in [5, 5.41) is 14.2. The highest BCUT2D eigenvalue weighted by Crippen LogP contribution is 2.35. The number of ether oxygens (including phenoxy) is 1. The molecule has 2 aromatic heterocycles. The fourth-order valence-corrected chi connectivity index (χ4v) is 6.25. The van der Waals surface area contributed by atoms with Gasteiger partial charge in [-0.2, -0.15) is 0 Å². The molecule has 4 aromatic rings. The molecule has 0 bridgehead atoms. The summed E-state index contributed by atoms with van der Waals surface area (Å²) in [7, 11) is 1.68. The number of amides is 1. The second-order valence-electron chi connectivity index (χ2n) is 11.5. The van der Waals surface area contributed by atoms with Gasteiger partial charge in [0.05, 0.1) is 18.4 Å². The molecule has 1 saturated carbocycles. The van der Waals surface area contributed by atoms with E-state index in [4.69, 9.17) is 15.5 Å². The summed E-state index contributed by atoms with van der Waals surface area (Å²) in [6.45, 7) is 3.68. The fraction of sp³-hybridized carbons (Fsp3) is 0.400. The van der Waals surface area contributed by atoms with Crippen molar-refractivity contribution in [1.29, 1.82) is 0 Å². The Hall–Kier alpha value is -4.17. The topological polar surface area (TPSA) is 115 Å². The maximum Gasteiger partial charge on any atom is 0.252 e. The molecule has 0 radical (unpaired) electrons. The van der Waals surface area contributed by atoms with E-state index in [9.17, 15) is 9.90 Å². The number of nitrogens with two attached hydrogens (primary N) is 1. The van der Waals surface area contributed by atoms with Crippen LogP contribution in [-0.4, -0.2) is 38.7 Å². The molecule has 0 spiro atoms. The minimum absolute atomic E-state index is 0.0811. The summed E-state index contributed by atoms with van der Waals surface area (Å²) in [5.41, 5.74) is 10.8. The molecule has 2 aromatic carbocycles. The Morgan fingerprint density at radius 2 is 1.81 bits per heavy atom. The highest BCUT2D eigenvalue weighted by atomic mass is 16.5. The van der Waals surface area contributed by atoms with Crippen LogP contribution in [0.1, 0.15) is 73.5 Å². The number of hydrogen-bond donors (Lipinski definition) is 3. The molecule has 0 saturated heterocycles. The van der Waals surface area contributed by atoms with Crippen molar-refractivity contribution in [3.05, 3.63) is 83.8 Å². The van der Waals surface area contributed by atoms with Gasteiger partial charge in [-0.05, 0) is 79.3 Å². The number of hydrogen-bond acceptors (Lipinski definition) is 6. The molecule has 1 amide bonds. The molecule has 0 aliphatic heterocycles.